The van der Waals surface area contributed by atoms with Gasteiger partial charge in [-0.25, -0.2) is 0 Å². The van der Waals surface area contributed by atoms with Crippen LogP contribution < -0.4 is 10.2 Å². The van der Waals surface area contributed by atoms with Crippen molar-refractivity contribution in [3.63, 3.8) is 0 Å². The minimum absolute atomic E-state index is 0.00601. The summed E-state index contributed by atoms with van der Waals surface area (Å²) in [5.41, 5.74) is 1.79. The Balaban J connectivity index is 2.45. The lowest BCUT2D eigenvalue weighted by molar-refractivity contribution is -0.116. The van der Waals surface area contributed by atoms with Crippen LogP contribution in [-0.2, 0) is 9.53 Å². The maximum absolute atomic E-state index is 11.6. The first kappa shape index (κ1) is 15.5. The summed E-state index contributed by atoms with van der Waals surface area (Å²) in [6.45, 7) is 1.30. The standard InChI is InChI=1S/C14H22N2O3/c1-16(9-10-17)13-7-5-12(6-8-13)15-14(18)4-3-11-19-2/h5-8,17H,3-4,9-11H2,1-2H3,(H,15,18). The number of hydrogen-bond acceptors (Lipinski definition) is 4. The predicted octanol–water partition coefficient (Wildman–Crippen LogP) is 1.48. The molecule has 0 aromatic heterocycles. The van der Waals surface area contributed by atoms with E-state index in [1.807, 2.05) is 36.2 Å². The minimum Gasteiger partial charge on any atom is -0.395 e. The molecule has 0 radical (unpaired) electrons. The normalized spacial score (nSPS) is 10.3. The third-order valence-corrected chi connectivity index (χ3v) is 2.78. The molecule has 0 aliphatic rings. The highest BCUT2D eigenvalue weighted by Crippen LogP contribution is 2.16. The fraction of sp³-hybridized carbons (Fsp3) is 0.500. The van der Waals surface area contributed by atoms with Crippen LogP contribution in [-0.4, -0.2) is 44.9 Å². The Labute approximate surface area is 114 Å². The second-order valence-corrected chi connectivity index (χ2v) is 4.34. The van der Waals surface area contributed by atoms with Crippen LogP contribution in [0.1, 0.15) is 12.8 Å². The summed E-state index contributed by atoms with van der Waals surface area (Å²) in [5, 5.41) is 11.7. The van der Waals surface area contributed by atoms with Crippen LogP contribution in [0.15, 0.2) is 24.3 Å². The first-order valence-corrected chi connectivity index (χ1v) is 6.38. The molecule has 5 nitrogen and oxygen atoms in total. The van der Waals surface area contributed by atoms with E-state index >= 15 is 0 Å². The SMILES string of the molecule is COCCCC(=O)Nc1ccc(N(C)CCO)cc1. The highest BCUT2D eigenvalue weighted by molar-refractivity contribution is 5.90. The van der Waals surface area contributed by atoms with Crippen molar-refractivity contribution in [3.05, 3.63) is 24.3 Å². The van der Waals surface area contributed by atoms with Crippen molar-refractivity contribution in [3.8, 4) is 0 Å². The summed E-state index contributed by atoms with van der Waals surface area (Å²) in [6, 6.07) is 7.55. The number of carbonyl (C=O) groups is 1. The highest BCUT2D eigenvalue weighted by Gasteiger charge is 2.03. The molecule has 1 aromatic rings. The Bertz CT molecular complexity index is 379. The molecule has 0 atom stereocenters. The van der Waals surface area contributed by atoms with Gasteiger partial charge in [-0.15, -0.1) is 0 Å². The molecule has 0 saturated heterocycles. The zero-order valence-electron chi connectivity index (χ0n) is 11.6. The number of aliphatic hydroxyl groups is 1. The van der Waals surface area contributed by atoms with Crippen LogP contribution in [0.3, 0.4) is 0 Å². The smallest absolute Gasteiger partial charge is 0.224 e. The van der Waals surface area contributed by atoms with E-state index in [0.717, 1.165) is 17.8 Å². The van der Waals surface area contributed by atoms with E-state index in [9.17, 15) is 4.79 Å². The van der Waals surface area contributed by atoms with Crippen LogP contribution in [0.4, 0.5) is 11.4 Å². The fourth-order valence-electron chi connectivity index (χ4n) is 1.68. The van der Waals surface area contributed by atoms with Gasteiger partial charge >= 0.3 is 0 Å². The van der Waals surface area contributed by atoms with Gasteiger partial charge in [0.25, 0.3) is 0 Å². The zero-order chi connectivity index (χ0) is 14.1. The second kappa shape index (κ2) is 8.50. The molecule has 5 heteroatoms. The fourth-order valence-corrected chi connectivity index (χ4v) is 1.68. The van der Waals surface area contributed by atoms with Gasteiger partial charge in [-0.05, 0) is 30.7 Å². The molecule has 106 valence electrons. The maximum atomic E-state index is 11.6. The summed E-state index contributed by atoms with van der Waals surface area (Å²) < 4.78 is 4.90. The number of amides is 1. The Morgan fingerprint density at radius 1 is 1.37 bits per heavy atom. The topological polar surface area (TPSA) is 61.8 Å². The number of ether oxygens (including phenoxy) is 1. The van der Waals surface area contributed by atoms with Crippen molar-refractivity contribution in [1.29, 1.82) is 0 Å². The van der Waals surface area contributed by atoms with Crippen molar-refractivity contribution in [1.82, 2.24) is 0 Å². The number of aliphatic hydroxyl groups excluding tert-OH is 1. The van der Waals surface area contributed by atoms with Crippen LogP contribution in [0, 0.1) is 0 Å². The van der Waals surface area contributed by atoms with Crippen molar-refractivity contribution < 1.29 is 14.6 Å². The molecule has 0 saturated carbocycles. The maximum Gasteiger partial charge on any atom is 0.224 e. The average molecular weight is 266 g/mol. The number of nitrogens with one attached hydrogen (secondary N) is 1. The molecular formula is C14H22N2O3. The largest absolute Gasteiger partial charge is 0.395 e. The molecule has 0 unspecified atom stereocenters. The summed E-state index contributed by atoms with van der Waals surface area (Å²) in [7, 11) is 3.54. The van der Waals surface area contributed by atoms with Crippen molar-refractivity contribution in [2.45, 2.75) is 12.8 Å². The molecule has 2 N–H and O–H groups in total. The lowest BCUT2D eigenvalue weighted by atomic mass is 10.2. The molecule has 0 aliphatic heterocycles. The summed E-state index contributed by atoms with van der Waals surface area (Å²) in [4.78, 5) is 13.5. The number of likely N-dealkylation sites (N-methyl/N-ethyl adjacent to an activating group) is 1. The Morgan fingerprint density at radius 2 is 2.05 bits per heavy atom. The number of rotatable bonds is 8. The minimum atomic E-state index is -0.00601. The van der Waals surface area contributed by atoms with E-state index in [1.165, 1.54) is 0 Å². The number of methoxy groups -OCH3 is 1. The molecule has 0 bridgehead atoms. The zero-order valence-corrected chi connectivity index (χ0v) is 11.6. The van der Waals surface area contributed by atoms with Gasteiger partial charge < -0.3 is 20.1 Å². The van der Waals surface area contributed by atoms with Gasteiger partial charge in [0.05, 0.1) is 6.61 Å². The predicted molar refractivity (Wildman–Crippen MR) is 76.5 cm³/mol. The van der Waals surface area contributed by atoms with Crippen LogP contribution in [0.2, 0.25) is 0 Å². The quantitative estimate of drug-likeness (QED) is 0.700. The third-order valence-electron chi connectivity index (χ3n) is 2.78. The summed E-state index contributed by atoms with van der Waals surface area (Å²) in [6.07, 6.45) is 1.18. The number of anilines is 2. The van der Waals surface area contributed by atoms with E-state index in [1.54, 1.807) is 7.11 Å². The first-order valence-electron chi connectivity index (χ1n) is 6.38. The van der Waals surface area contributed by atoms with E-state index in [2.05, 4.69) is 5.32 Å². The van der Waals surface area contributed by atoms with Crippen LogP contribution in [0.5, 0.6) is 0 Å². The Hall–Kier alpha value is -1.59. The van der Waals surface area contributed by atoms with Gasteiger partial charge in [0.15, 0.2) is 0 Å². The third kappa shape index (κ3) is 5.72. The van der Waals surface area contributed by atoms with Crippen LogP contribution in [0.25, 0.3) is 0 Å². The number of hydrogen-bond donors (Lipinski definition) is 2. The second-order valence-electron chi connectivity index (χ2n) is 4.34. The van der Waals surface area contributed by atoms with Crippen LogP contribution >= 0.6 is 0 Å². The van der Waals surface area contributed by atoms with Gasteiger partial charge in [-0.2, -0.15) is 0 Å². The summed E-state index contributed by atoms with van der Waals surface area (Å²) in [5.74, 6) is -0.00601. The molecule has 0 fully saturated rings. The van der Waals surface area contributed by atoms with Crippen molar-refractivity contribution >= 4 is 17.3 Å². The number of benzene rings is 1. The van der Waals surface area contributed by atoms with Gasteiger partial charge in [-0.1, -0.05) is 0 Å². The summed E-state index contributed by atoms with van der Waals surface area (Å²) >= 11 is 0. The average Bonchev–Trinajstić information content (AvgIpc) is 2.40. The molecule has 1 rings (SSSR count). The van der Waals surface area contributed by atoms with E-state index in [4.69, 9.17) is 9.84 Å². The van der Waals surface area contributed by atoms with Crippen molar-refractivity contribution in [2.75, 3.05) is 44.1 Å². The molecular weight excluding hydrogens is 244 g/mol. The van der Waals surface area contributed by atoms with Gasteiger partial charge in [0.1, 0.15) is 0 Å². The number of carbonyl (C=O) groups excluding carboxylic acids is 1. The Kier molecular flexibility index (Phi) is 6.92. The number of nitrogens with zero attached hydrogens (tertiary/aromatic N) is 1. The van der Waals surface area contributed by atoms with E-state index < -0.39 is 0 Å². The molecule has 1 amide bonds. The molecule has 0 aliphatic carbocycles. The molecule has 0 heterocycles. The molecule has 1 aromatic carbocycles. The first-order chi connectivity index (χ1) is 9.17. The van der Waals surface area contributed by atoms with E-state index in [-0.39, 0.29) is 12.5 Å². The molecule has 0 spiro atoms. The molecule has 19 heavy (non-hydrogen) atoms. The van der Waals surface area contributed by atoms with E-state index in [0.29, 0.717) is 19.6 Å². The lowest BCUT2D eigenvalue weighted by Gasteiger charge is -2.18. The van der Waals surface area contributed by atoms with Crippen molar-refractivity contribution in [2.24, 2.45) is 0 Å². The van der Waals surface area contributed by atoms with Gasteiger partial charge in [0, 0.05) is 45.1 Å². The Morgan fingerprint density at radius 3 is 2.63 bits per heavy atom. The van der Waals surface area contributed by atoms with Gasteiger partial charge in [-0.3, -0.25) is 4.79 Å². The van der Waals surface area contributed by atoms with Gasteiger partial charge in [0.2, 0.25) is 5.91 Å². The monoisotopic (exact) mass is 266 g/mol. The lowest BCUT2D eigenvalue weighted by Crippen LogP contribution is -2.21. The highest BCUT2D eigenvalue weighted by atomic mass is 16.5.